The number of hydrogen-bond donors (Lipinski definition) is 0. The fourth-order valence-electron chi connectivity index (χ4n) is 3.80. The Morgan fingerprint density at radius 2 is 0.931 bits per heavy atom. The van der Waals surface area contributed by atoms with Gasteiger partial charge < -0.3 is 4.48 Å². The average Bonchev–Trinajstić information content (AvgIpc) is 2.74. The zero-order valence-electron chi connectivity index (χ0n) is 19.5. The second kappa shape index (κ2) is 17.3. The highest BCUT2D eigenvalue weighted by molar-refractivity contribution is 5.13. The van der Waals surface area contributed by atoms with Gasteiger partial charge in [0.1, 0.15) is 6.54 Å². The first-order chi connectivity index (χ1) is 14.3. The first kappa shape index (κ1) is 25.4. The smallest absolute Gasteiger partial charge is 0.104 e. The van der Waals surface area contributed by atoms with Crippen LogP contribution in [0.3, 0.4) is 0 Å². The van der Waals surface area contributed by atoms with Gasteiger partial charge in [-0.1, -0.05) is 107 Å². The molecule has 0 fully saturated rings. The number of quaternary nitrogens is 1. The molecule has 0 atom stereocenters. The number of allylic oxidation sites excluding steroid dienone is 3. The predicted molar refractivity (Wildman–Crippen MR) is 131 cm³/mol. The molecule has 0 saturated heterocycles. The normalized spacial score (nSPS) is 12.7. The molecular formula is C28H46N+. The molecule has 29 heavy (non-hydrogen) atoms. The van der Waals surface area contributed by atoms with Gasteiger partial charge in [-0.05, 0) is 19.3 Å². The van der Waals surface area contributed by atoms with Crippen molar-refractivity contribution in [2.75, 3.05) is 19.6 Å². The van der Waals surface area contributed by atoms with Crippen molar-refractivity contribution in [1.82, 2.24) is 0 Å². The highest BCUT2D eigenvalue weighted by Crippen LogP contribution is 2.19. The van der Waals surface area contributed by atoms with Crippen LogP contribution in [0.5, 0.6) is 0 Å². The maximum Gasteiger partial charge on any atom is 0.104 e. The fourth-order valence-corrected chi connectivity index (χ4v) is 3.80. The molecule has 1 heteroatoms. The average molecular weight is 397 g/mol. The maximum atomic E-state index is 2.42. The van der Waals surface area contributed by atoms with Crippen molar-refractivity contribution in [3.05, 3.63) is 72.4 Å². The van der Waals surface area contributed by atoms with Gasteiger partial charge in [0, 0.05) is 24.8 Å². The van der Waals surface area contributed by atoms with Crippen LogP contribution >= 0.6 is 0 Å². The quantitative estimate of drug-likeness (QED) is 0.184. The van der Waals surface area contributed by atoms with Crippen molar-refractivity contribution in [1.29, 1.82) is 0 Å². The molecule has 0 heterocycles. The van der Waals surface area contributed by atoms with E-state index in [-0.39, 0.29) is 0 Å². The molecule has 162 valence electrons. The van der Waals surface area contributed by atoms with Gasteiger partial charge in [0.05, 0.1) is 19.6 Å². The van der Waals surface area contributed by atoms with Crippen LogP contribution in [0.15, 0.2) is 66.8 Å². The molecule has 0 bridgehead atoms. The molecule has 0 radical (unpaired) electrons. The van der Waals surface area contributed by atoms with Gasteiger partial charge >= 0.3 is 0 Å². The molecule has 0 N–H and O–H groups in total. The molecule has 0 amide bonds. The molecule has 0 aliphatic rings. The molecule has 0 aromatic heterocycles. The molecule has 0 aliphatic carbocycles. The Labute approximate surface area is 181 Å². The van der Waals surface area contributed by atoms with E-state index in [0.717, 1.165) is 6.54 Å². The Bertz CT molecular complexity index is 517. The number of nitrogens with zero attached hydrogens (tertiary/aromatic N) is 1. The van der Waals surface area contributed by atoms with Gasteiger partial charge in [0.25, 0.3) is 0 Å². The summed E-state index contributed by atoms with van der Waals surface area (Å²) in [4.78, 5) is 0. The zero-order chi connectivity index (χ0) is 21.0. The van der Waals surface area contributed by atoms with Gasteiger partial charge in [-0.3, -0.25) is 0 Å². The Morgan fingerprint density at radius 3 is 1.31 bits per heavy atom. The van der Waals surface area contributed by atoms with E-state index in [1.54, 1.807) is 0 Å². The predicted octanol–water partition coefficient (Wildman–Crippen LogP) is 8.24. The molecule has 1 aromatic carbocycles. The second-order valence-electron chi connectivity index (χ2n) is 8.30. The lowest BCUT2D eigenvalue weighted by Crippen LogP contribution is -2.49. The fraction of sp³-hybridized carbons (Fsp3) is 0.571. The Morgan fingerprint density at radius 1 is 0.552 bits per heavy atom. The number of rotatable bonds is 17. The number of benzene rings is 1. The minimum absolute atomic E-state index is 1.14. The number of unbranched alkanes of at least 4 members (excludes halogenated alkanes) is 3. The summed E-state index contributed by atoms with van der Waals surface area (Å²) in [6, 6.07) is 11.1. The first-order valence-corrected chi connectivity index (χ1v) is 12.1. The highest BCUT2D eigenvalue weighted by Gasteiger charge is 2.25. The van der Waals surface area contributed by atoms with E-state index in [1.807, 2.05) is 0 Å². The highest BCUT2D eigenvalue weighted by atomic mass is 15.3. The van der Waals surface area contributed by atoms with Crippen LogP contribution in [0, 0.1) is 0 Å². The molecule has 1 aromatic rings. The van der Waals surface area contributed by atoms with Gasteiger partial charge in [-0.2, -0.15) is 0 Å². The summed E-state index contributed by atoms with van der Waals surface area (Å²) in [7, 11) is 0. The third-order valence-electron chi connectivity index (χ3n) is 5.54. The van der Waals surface area contributed by atoms with E-state index in [4.69, 9.17) is 0 Å². The molecule has 0 saturated carbocycles. The maximum absolute atomic E-state index is 2.42. The van der Waals surface area contributed by atoms with Crippen molar-refractivity contribution in [2.24, 2.45) is 0 Å². The van der Waals surface area contributed by atoms with Gasteiger partial charge in [0.2, 0.25) is 0 Å². The largest absolute Gasteiger partial charge is 0.319 e. The van der Waals surface area contributed by atoms with Gasteiger partial charge in [-0.15, -0.1) is 0 Å². The summed E-state index contributed by atoms with van der Waals surface area (Å²) >= 11 is 0. The lowest BCUT2D eigenvalue weighted by Gasteiger charge is -2.39. The lowest BCUT2D eigenvalue weighted by atomic mass is 10.1. The Kier molecular flexibility index (Phi) is 15.2. The minimum atomic E-state index is 1.14. The van der Waals surface area contributed by atoms with Crippen molar-refractivity contribution in [2.45, 2.75) is 85.1 Å². The van der Waals surface area contributed by atoms with Crippen LogP contribution in [0.2, 0.25) is 0 Å². The summed E-state index contributed by atoms with van der Waals surface area (Å²) in [5.74, 6) is 0. The van der Waals surface area contributed by atoms with Crippen LogP contribution in [0.25, 0.3) is 0 Å². The Hall–Kier alpha value is -1.60. The van der Waals surface area contributed by atoms with Crippen molar-refractivity contribution >= 4 is 0 Å². The molecule has 1 nitrogen and oxygen atoms in total. The van der Waals surface area contributed by atoms with Crippen molar-refractivity contribution in [3.8, 4) is 0 Å². The summed E-state index contributed by atoms with van der Waals surface area (Å²) in [5, 5.41) is 0. The van der Waals surface area contributed by atoms with Crippen LogP contribution in [0.1, 0.15) is 84.1 Å². The summed E-state index contributed by atoms with van der Waals surface area (Å²) in [6.07, 6.45) is 25.3. The Balaban J connectivity index is 2.89. The van der Waals surface area contributed by atoms with E-state index in [1.165, 1.54) is 87.5 Å². The molecule has 1 rings (SSSR count). The van der Waals surface area contributed by atoms with Gasteiger partial charge in [0.15, 0.2) is 0 Å². The third kappa shape index (κ3) is 12.5. The van der Waals surface area contributed by atoms with Crippen LogP contribution in [0.4, 0.5) is 0 Å². The minimum Gasteiger partial charge on any atom is -0.319 e. The van der Waals surface area contributed by atoms with Crippen LogP contribution in [-0.2, 0) is 6.54 Å². The van der Waals surface area contributed by atoms with E-state index in [2.05, 4.69) is 87.6 Å². The molecule has 0 spiro atoms. The molecular weight excluding hydrogens is 350 g/mol. The van der Waals surface area contributed by atoms with Crippen LogP contribution in [-0.4, -0.2) is 24.1 Å². The third-order valence-corrected chi connectivity index (χ3v) is 5.54. The van der Waals surface area contributed by atoms with Crippen molar-refractivity contribution < 1.29 is 4.48 Å². The molecule has 0 unspecified atom stereocenters. The topological polar surface area (TPSA) is 0 Å². The van der Waals surface area contributed by atoms with Crippen molar-refractivity contribution in [3.63, 3.8) is 0 Å². The van der Waals surface area contributed by atoms with Crippen LogP contribution < -0.4 is 0 Å². The standard InChI is InChI=1S/C28H46N/c1-4-7-10-13-19-24-29(25-20-14-11-8-5-2,26-21-15-12-9-6-3)27-28-22-17-16-18-23-28/h10-18,22-23H,4-9,19-21,24-27H2,1-3H3/q+1/b13-10+,14-11+,15-12+. The number of hydrogen-bond acceptors (Lipinski definition) is 0. The van der Waals surface area contributed by atoms with E-state index in [9.17, 15) is 0 Å². The first-order valence-electron chi connectivity index (χ1n) is 12.1. The lowest BCUT2D eigenvalue weighted by molar-refractivity contribution is -0.940. The van der Waals surface area contributed by atoms with E-state index < -0.39 is 0 Å². The monoisotopic (exact) mass is 396 g/mol. The SMILES string of the molecule is CCC/C=C/CC[N+](CC/C=C/CCC)(CC/C=C/CCC)Cc1ccccc1. The molecule has 0 aliphatic heterocycles. The second-order valence-corrected chi connectivity index (χ2v) is 8.30. The summed E-state index contributed by atoms with van der Waals surface area (Å²) in [5.41, 5.74) is 1.47. The van der Waals surface area contributed by atoms with E-state index in [0.29, 0.717) is 0 Å². The summed E-state index contributed by atoms with van der Waals surface area (Å²) in [6.45, 7) is 11.6. The zero-order valence-corrected chi connectivity index (χ0v) is 19.5. The summed E-state index contributed by atoms with van der Waals surface area (Å²) < 4.78 is 1.19. The van der Waals surface area contributed by atoms with Gasteiger partial charge in [-0.25, -0.2) is 0 Å². The van der Waals surface area contributed by atoms with E-state index >= 15 is 0 Å².